The Kier molecular flexibility index (Phi) is 3.12. The van der Waals surface area contributed by atoms with Crippen molar-refractivity contribution in [3.05, 3.63) is 34.4 Å². The second kappa shape index (κ2) is 4.42. The lowest BCUT2D eigenvalue weighted by atomic mass is 10.1. The molecule has 1 aromatic carbocycles. The zero-order valence-electron chi connectivity index (χ0n) is 8.90. The van der Waals surface area contributed by atoms with E-state index in [0.717, 1.165) is 0 Å². The molecule has 0 aromatic heterocycles. The van der Waals surface area contributed by atoms with Crippen LogP contribution < -0.4 is 0 Å². The number of benzene rings is 1. The first-order valence-corrected chi connectivity index (χ1v) is 6.69. The molecule has 1 saturated heterocycles. The van der Waals surface area contributed by atoms with Crippen molar-refractivity contribution in [2.45, 2.75) is 4.90 Å². The fraction of sp³-hybridized carbons (Fsp3) is 0.400. The van der Waals surface area contributed by atoms with Crippen LogP contribution in [0.15, 0.2) is 29.2 Å². The van der Waals surface area contributed by atoms with Gasteiger partial charge in [-0.25, -0.2) is 8.42 Å². The number of nitro benzene ring substituents is 1. The van der Waals surface area contributed by atoms with Crippen LogP contribution in [0.1, 0.15) is 0 Å². The van der Waals surface area contributed by atoms with Crippen molar-refractivity contribution in [2.75, 3.05) is 19.0 Å². The normalized spacial score (nSPS) is 16.5. The number of non-ortho nitro benzene ring substituents is 1. The molecule has 0 N–H and O–H groups in total. The third kappa shape index (κ3) is 2.62. The van der Waals surface area contributed by atoms with Gasteiger partial charge < -0.3 is 4.74 Å². The Morgan fingerprint density at radius 1 is 1.29 bits per heavy atom. The number of sulfone groups is 1. The molecule has 17 heavy (non-hydrogen) atoms. The van der Waals surface area contributed by atoms with E-state index in [1.54, 1.807) is 0 Å². The van der Waals surface area contributed by atoms with Crippen LogP contribution in [0, 0.1) is 16.0 Å². The average Bonchev–Trinajstić information content (AvgIpc) is 2.24. The summed E-state index contributed by atoms with van der Waals surface area (Å²) >= 11 is 0. The summed E-state index contributed by atoms with van der Waals surface area (Å²) in [5, 5.41) is 10.4. The highest BCUT2D eigenvalue weighted by atomic mass is 32.2. The summed E-state index contributed by atoms with van der Waals surface area (Å²) in [6.45, 7) is 0.929. The second-order valence-electron chi connectivity index (χ2n) is 3.94. The third-order valence-corrected chi connectivity index (χ3v) is 4.47. The Hall–Kier alpha value is -1.47. The highest BCUT2D eigenvalue weighted by Crippen LogP contribution is 2.21. The molecule has 1 aliphatic heterocycles. The smallest absolute Gasteiger partial charge is 0.269 e. The minimum absolute atomic E-state index is 0.0326. The van der Waals surface area contributed by atoms with Crippen molar-refractivity contribution in [2.24, 2.45) is 5.92 Å². The maximum atomic E-state index is 11.9. The Morgan fingerprint density at radius 2 is 1.88 bits per heavy atom. The van der Waals surface area contributed by atoms with E-state index in [9.17, 15) is 18.5 Å². The molecular weight excluding hydrogens is 246 g/mol. The first-order chi connectivity index (χ1) is 7.99. The molecule has 0 spiro atoms. The Balaban J connectivity index is 2.17. The number of ether oxygens (including phenoxy) is 1. The van der Waals surface area contributed by atoms with Crippen molar-refractivity contribution in [1.29, 1.82) is 0 Å². The molecular formula is C10H11NO5S. The van der Waals surface area contributed by atoms with Gasteiger partial charge in [-0.2, -0.15) is 0 Å². The minimum Gasteiger partial charge on any atom is -0.381 e. The predicted octanol–water partition coefficient (Wildman–Crippen LogP) is 1.01. The zero-order chi connectivity index (χ0) is 12.5. The topological polar surface area (TPSA) is 86.5 Å². The maximum Gasteiger partial charge on any atom is 0.269 e. The van der Waals surface area contributed by atoms with Gasteiger partial charge in [-0.15, -0.1) is 0 Å². The van der Waals surface area contributed by atoms with E-state index in [1.807, 2.05) is 0 Å². The Morgan fingerprint density at radius 3 is 2.29 bits per heavy atom. The lowest BCUT2D eigenvalue weighted by molar-refractivity contribution is -0.384. The molecule has 2 rings (SSSR count). The highest BCUT2D eigenvalue weighted by Gasteiger charge is 2.26. The van der Waals surface area contributed by atoms with E-state index in [4.69, 9.17) is 4.74 Å². The maximum absolute atomic E-state index is 11.9. The summed E-state index contributed by atoms with van der Waals surface area (Å²) in [4.78, 5) is 10.00. The molecule has 1 heterocycles. The SMILES string of the molecule is O=[N+]([O-])c1ccc(S(=O)(=O)CC2COC2)cc1. The molecule has 1 fully saturated rings. The van der Waals surface area contributed by atoms with Gasteiger partial charge in [0.15, 0.2) is 9.84 Å². The summed E-state index contributed by atoms with van der Waals surface area (Å²) in [6.07, 6.45) is 0. The van der Waals surface area contributed by atoms with E-state index >= 15 is 0 Å². The van der Waals surface area contributed by atoms with Crippen molar-refractivity contribution in [3.63, 3.8) is 0 Å². The molecule has 0 bridgehead atoms. The zero-order valence-corrected chi connectivity index (χ0v) is 9.72. The van der Waals surface area contributed by atoms with Gasteiger partial charge in [-0.3, -0.25) is 10.1 Å². The number of rotatable bonds is 4. The lowest BCUT2D eigenvalue weighted by Gasteiger charge is -2.25. The highest BCUT2D eigenvalue weighted by molar-refractivity contribution is 7.91. The standard InChI is InChI=1S/C10H11NO5S/c12-11(13)9-1-3-10(4-2-9)17(14,15)7-8-5-16-6-8/h1-4,8H,5-7H2. The van der Waals surface area contributed by atoms with Gasteiger partial charge in [0, 0.05) is 18.1 Å². The Bertz CT molecular complexity index is 518. The number of nitrogens with zero attached hydrogens (tertiary/aromatic N) is 1. The summed E-state index contributed by atoms with van der Waals surface area (Å²) < 4.78 is 28.7. The van der Waals surface area contributed by atoms with Crippen LogP contribution in [-0.2, 0) is 14.6 Å². The van der Waals surface area contributed by atoms with E-state index in [1.165, 1.54) is 24.3 Å². The molecule has 0 amide bonds. The number of nitro groups is 1. The summed E-state index contributed by atoms with van der Waals surface area (Å²) in [5.74, 6) is 0.0698. The van der Waals surface area contributed by atoms with E-state index in [2.05, 4.69) is 0 Å². The average molecular weight is 257 g/mol. The Labute approximate surface area is 98.3 Å². The van der Waals surface area contributed by atoms with E-state index in [-0.39, 0.29) is 22.3 Å². The molecule has 0 aliphatic carbocycles. The van der Waals surface area contributed by atoms with Crippen LogP contribution in [0.3, 0.4) is 0 Å². The quantitative estimate of drug-likeness (QED) is 0.593. The number of hydrogen-bond donors (Lipinski definition) is 0. The van der Waals surface area contributed by atoms with E-state index in [0.29, 0.717) is 13.2 Å². The van der Waals surface area contributed by atoms with Crippen LogP contribution in [-0.4, -0.2) is 32.3 Å². The molecule has 1 aromatic rings. The second-order valence-corrected chi connectivity index (χ2v) is 5.97. The first kappa shape index (κ1) is 12.0. The lowest BCUT2D eigenvalue weighted by Crippen LogP contribution is -2.33. The van der Waals surface area contributed by atoms with Crippen molar-refractivity contribution < 1.29 is 18.1 Å². The van der Waals surface area contributed by atoms with E-state index < -0.39 is 14.8 Å². The third-order valence-electron chi connectivity index (χ3n) is 2.57. The van der Waals surface area contributed by atoms with Crippen LogP contribution in [0.4, 0.5) is 5.69 Å². The van der Waals surface area contributed by atoms with Gasteiger partial charge in [0.05, 0.1) is 28.8 Å². The van der Waals surface area contributed by atoms with Crippen LogP contribution >= 0.6 is 0 Å². The first-order valence-electron chi connectivity index (χ1n) is 5.04. The molecule has 7 heteroatoms. The molecule has 0 atom stereocenters. The van der Waals surface area contributed by atoms with Gasteiger partial charge in [-0.1, -0.05) is 0 Å². The predicted molar refractivity (Wildman–Crippen MR) is 59.5 cm³/mol. The van der Waals surface area contributed by atoms with Gasteiger partial charge in [0.2, 0.25) is 0 Å². The fourth-order valence-corrected chi connectivity index (χ4v) is 3.12. The molecule has 6 nitrogen and oxygen atoms in total. The van der Waals surface area contributed by atoms with Crippen LogP contribution in [0.5, 0.6) is 0 Å². The van der Waals surface area contributed by atoms with Crippen molar-refractivity contribution >= 4 is 15.5 Å². The van der Waals surface area contributed by atoms with Gasteiger partial charge in [0.1, 0.15) is 0 Å². The molecule has 92 valence electrons. The summed E-state index contributed by atoms with van der Waals surface area (Å²) in [5.41, 5.74) is -0.115. The van der Waals surface area contributed by atoms with Gasteiger partial charge in [0.25, 0.3) is 5.69 Å². The minimum atomic E-state index is -3.37. The molecule has 0 unspecified atom stereocenters. The fourth-order valence-electron chi connectivity index (χ4n) is 1.56. The largest absolute Gasteiger partial charge is 0.381 e. The summed E-state index contributed by atoms with van der Waals surface area (Å²) in [7, 11) is -3.37. The van der Waals surface area contributed by atoms with Gasteiger partial charge in [-0.05, 0) is 12.1 Å². The molecule has 0 radical (unpaired) electrons. The summed E-state index contributed by atoms with van der Waals surface area (Å²) in [6, 6.07) is 4.94. The van der Waals surface area contributed by atoms with Gasteiger partial charge >= 0.3 is 0 Å². The monoisotopic (exact) mass is 257 g/mol. The van der Waals surface area contributed by atoms with Crippen LogP contribution in [0.25, 0.3) is 0 Å². The van der Waals surface area contributed by atoms with Crippen molar-refractivity contribution in [3.8, 4) is 0 Å². The van der Waals surface area contributed by atoms with Crippen LogP contribution in [0.2, 0.25) is 0 Å². The van der Waals surface area contributed by atoms with Crippen molar-refractivity contribution in [1.82, 2.24) is 0 Å². The number of hydrogen-bond acceptors (Lipinski definition) is 5. The molecule has 0 saturated carbocycles. The molecule has 1 aliphatic rings.